The molecule has 0 amide bonds. The van der Waals surface area contributed by atoms with Crippen molar-refractivity contribution in [2.45, 2.75) is 47.0 Å². The Morgan fingerprint density at radius 3 is 1.95 bits per heavy atom. The number of hydrogen-bond donors (Lipinski definition) is 0. The summed E-state index contributed by atoms with van der Waals surface area (Å²) in [5.74, 6) is 0. The first-order valence-corrected chi connectivity index (χ1v) is 9.27. The van der Waals surface area contributed by atoms with Gasteiger partial charge in [0.1, 0.15) is 0 Å². The van der Waals surface area contributed by atoms with Gasteiger partial charge in [0, 0.05) is 0 Å². The van der Waals surface area contributed by atoms with Crippen molar-refractivity contribution in [3.8, 4) is 0 Å². The van der Waals surface area contributed by atoms with E-state index in [1.165, 1.54) is 22.3 Å². The van der Waals surface area contributed by atoms with Gasteiger partial charge in [0.15, 0.2) is 0 Å². The topological polar surface area (TPSA) is 0 Å². The molecular formula is C19H24I-. The maximum atomic E-state index is 2.33. The Bertz CT molecular complexity index is 595. The molecule has 0 saturated carbocycles. The molecule has 0 unspecified atom stereocenters. The summed E-state index contributed by atoms with van der Waals surface area (Å²) in [5.41, 5.74) is 6.02. The minimum absolute atomic E-state index is 0.115. The summed E-state index contributed by atoms with van der Waals surface area (Å²) >= 11 is -0.115. The van der Waals surface area contributed by atoms with E-state index in [0.29, 0.717) is 0 Å². The van der Waals surface area contributed by atoms with Gasteiger partial charge in [-0.15, -0.1) is 0 Å². The van der Waals surface area contributed by atoms with E-state index in [1.54, 1.807) is 7.14 Å². The summed E-state index contributed by atoms with van der Waals surface area (Å²) in [6.07, 6.45) is 0. The van der Waals surface area contributed by atoms with Gasteiger partial charge in [-0.1, -0.05) is 0 Å². The molecule has 0 spiro atoms. The third-order valence-corrected chi connectivity index (χ3v) is 7.22. The monoisotopic (exact) mass is 379 g/mol. The molecule has 2 rings (SSSR count). The van der Waals surface area contributed by atoms with Crippen LogP contribution in [0.2, 0.25) is 0 Å². The fourth-order valence-corrected chi connectivity index (χ4v) is 5.98. The molecule has 0 aliphatic carbocycles. The summed E-state index contributed by atoms with van der Waals surface area (Å²) in [4.78, 5) is 0. The van der Waals surface area contributed by atoms with Crippen LogP contribution in [-0.2, 0) is 5.41 Å². The van der Waals surface area contributed by atoms with Crippen molar-refractivity contribution in [2.75, 3.05) is 0 Å². The van der Waals surface area contributed by atoms with Gasteiger partial charge in [-0.3, -0.25) is 0 Å². The SMILES string of the molecule is Cc1cc(C)c([I-]c2ccccc2C(C)(C)C)c(C)c1. The van der Waals surface area contributed by atoms with E-state index in [9.17, 15) is 0 Å². The van der Waals surface area contributed by atoms with Crippen molar-refractivity contribution >= 4 is 0 Å². The van der Waals surface area contributed by atoms with E-state index in [2.05, 4.69) is 77.9 Å². The van der Waals surface area contributed by atoms with Crippen molar-refractivity contribution in [1.29, 1.82) is 0 Å². The molecule has 0 saturated heterocycles. The number of benzene rings is 2. The predicted molar refractivity (Wildman–Crippen MR) is 83.2 cm³/mol. The van der Waals surface area contributed by atoms with Crippen LogP contribution in [0.15, 0.2) is 36.4 Å². The Morgan fingerprint density at radius 1 is 0.850 bits per heavy atom. The maximum absolute atomic E-state index is 2.33. The molecule has 1 heteroatoms. The van der Waals surface area contributed by atoms with Crippen LogP contribution in [0, 0.1) is 27.9 Å². The van der Waals surface area contributed by atoms with Crippen molar-refractivity contribution < 1.29 is 21.2 Å². The predicted octanol–water partition coefficient (Wildman–Crippen LogP) is 2.04. The number of hydrogen-bond acceptors (Lipinski definition) is 0. The van der Waals surface area contributed by atoms with Crippen LogP contribution in [0.1, 0.15) is 43.0 Å². The molecule has 0 nitrogen and oxygen atoms in total. The van der Waals surface area contributed by atoms with Crippen molar-refractivity contribution in [3.63, 3.8) is 0 Å². The van der Waals surface area contributed by atoms with Crippen LogP contribution in [0.25, 0.3) is 0 Å². The molecule has 2 aromatic carbocycles. The molecule has 0 heterocycles. The zero-order valence-corrected chi connectivity index (χ0v) is 15.5. The quantitative estimate of drug-likeness (QED) is 0.701. The second kappa shape index (κ2) is 5.88. The molecule has 0 atom stereocenters. The Morgan fingerprint density at radius 2 is 1.40 bits per heavy atom. The van der Waals surface area contributed by atoms with Gasteiger partial charge >= 0.3 is 134 Å². The van der Waals surface area contributed by atoms with E-state index in [-0.39, 0.29) is 26.6 Å². The molecule has 0 aromatic heterocycles. The minimum atomic E-state index is -0.115. The van der Waals surface area contributed by atoms with Crippen LogP contribution in [-0.4, -0.2) is 0 Å². The second-order valence-corrected chi connectivity index (χ2v) is 9.32. The summed E-state index contributed by atoms with van der Waals surface area (Å²) in [6.45, 7) is 13.6. The van der Waals surface area contributed by atoms with Crippen LogP contribution < -0.4 is 21.2 Å². The second-order valence-electron chi connectivity index (χ2n) is 6.54. The van der Waals surface area contributed by atoms with E-state index >= 15 is 0 Å². The Labute approximate surface area is 133 Å². The van der Waals surface area contributed by atoms with E-state index in [1.807, 2.05) is 0 Å². The molecule has 20 heavy (non-hydrogen) atoms. The molecule has 108 valence electrons. The van der Waals surface area contributed by atoms with E-state index < -0.39 is 0 Å². The third kappa shape index (κ3) is 3.43. The van der Waals surface area contributed by atoms with E-state index in [0.717, 1.165) is 0 Å². The van der Waals surface area contributed by atoms with Crippen LogP contribution in [0.3, 0.4) is 0 Å². The first-order chi connectivity index (χ1) is 9.29. The number of aryl methyl sites for hydroxylation is 3. The molecule has 0 radical (unpaired) electrons. The van der Waals surface area contributed by atoms with Crippen molar-refractivity contribution in [1.82, 2.24) is 0 Å². The summed E-state index contributed by atoms with van der Waals surface area (Å²) < 4.78 is 3.15. The van der Waals surface area contributed by atoms with Crippen LogP contribution in [0.5, 0.6) is 0 Å². The zero-order valence-electron chi connectivity index (χ0n) is 13.3. The molecule has 0 aliphatic rings. The van der Waals surface area contributed by atoms with E-state index in [4.69, 9.17) is 0 Å². The summed E-state index contributed by atoms with van der Waals surface area (Å²) in [7, 11) is 0. The van der Waals surface area contributed by atoms with Gasteiger partial charge in [0.25, 0.3) is 0 Å². The first kappa shape index (κ1) is 15.6. The van der Waals surface area contributed by atoms with Gasteiger partial charge in [0.2, 0.25) is 0 Å². The Kier molecular flexibility index (Phi) is 4.58. The van der Waals surface area contributed by atoms with Gasteiger partial charge in [-0.2, -0.15) is 0 Å². The average molecular weight is 379 g/mol. The number of halogens is 1. The average Bonchev–Trinajstić information content (AvgIpc) is 2.33. The molecule has 2 aromatic rings. The van der Waals surface area contributed by atoms with Gasteiger partial charge in [0.05, 0.1) is 0 Å². The Hall–Kier alpha value is -0.830. The summed E-state index contributed by atoms with van der Waals surface area (Å²) in [6, 6.07) is 13.6. The van der Waals surface area contributed by atoms with Gasteiger partial charge < -0.3 is 0 Å². The molecular weight excluding hydrogens is 355 g/mol. The fraction of sp³-hybridized carbons (Fsp3) is 0.368. The van der Waals surface area contributed by atoms with Gasteiger partial charge in [-0.05, 0) is 0 Å². The normalized spacial score (nSPS) is 11.9. The fourth-order valence-electron chi connectivity index (χ4n) is 2.57. The van der Waals surface area contributed by atoms with Crippen LogP contribution >= 0.6 is 0 Å². The van der Waals surface area contributed by atoms with Crippen LogP contribution in [0.4, 0.5) is 0 Å². The first-order valence-electron chi connectivity index (χ1n) is 7.11. The molecule has 0 aliphatic heterocycles. The van der Waals surface area contributed by atoms with Crippen molar-refractivity contribution in [3.05, 3.63) is 65.8 Å². The molecule has 0 N–H and O–H groups in total. The Balaban J connectivity index is 2.46. The zero-order chi connectivity index (χ0) is 14.9. The molecule has 0 bridgehead atoms. The van der Waals surface area contributed by atoms with Gasteiger partial charge in [-0.25, -0.2) is 0 Å². The van der Waals surface area contributed by atoms with Crippen molar-refractivity contribution in [2.24, 2.45) is 0 Å². The summed E-state index contributed by atoms with van der Waals surface area (Å²) in [5, 5.41) is 0. The number of rotatable bonds is 2. The molecule has 0 fully saturated rings. The third-order valence-electron chi connectivity index (χ3n) is 3.46. The standard InChI is InChI=1S/C19H24I/c1-13-11-14(2)18(15(3)12-13)20-17-10-8-7-9-16(17)19(4,5)6/h7-12H,1-6H3/q-1.